The minimum absolute atomic E-state index is 0.0432. The Balaban J connectivity index is 1.32. The number of carbonyl (C=O) groups is 1. The predicted octanol–water partition coefficient (Wildman–Crippen LogP) is 4.37. The van der Waals surface area contributed by atoms with Crippen LogP contribution in [0.2, 0.25) is 0 Å². The normalized spacial score (nSPS) is 20.2. The summed E-state index contributed by atoms with van der Waals surface area (Å²) in [5.74, 6) is 0.656. The quantitative estimate of drug-likeness (QED) is 0.790. The Hall–Kier alpha value is -2.01. The van der Waals surface area contributed by atoms with Crippen LogP contribution in [0, 0.1) is 0 Å². The van der Waals surface area contributed by atoms with Crippen LogP contribution in [-0.2, 0) is 11.8 Å². The molecule has 0 N–H and O–H groups in total. The molecule has 4 rings (SSSR count). The molecule has 2 saturated heterocycles. The van der Waals surface area contributed by atoms with Crippen molar-refractivity contribution in [1.29, 1.82) is 0 Å². The lowest BCUT2D eigenvalue weighted by Gasteiger charge is -2.41. The van der Waals surface area contributed by atoms with Gasteiger partial charge in [-0.2, -0.15) is 0 Å². The molecule has 5 nitrogen and oxygen atoms in total. The Labute approximate surface area is 168 Å². The third kappa shape index (κ3) is 3.90. The van der Waals surface area contributed by atoms with Crippen LogP contribution in [0.25, 0.3) is 10.9 Å². The van der Waals surface area contributed by atoms with E-state index in [1.807, 2.05) is 18.7 Å². The number of piperidine rings is 2. The van der Waals surface area contributed by atoms with Gasteiger partial charge in [-0.05, 0) is 70.2 Å². The minimum atomic E-state index is -0.150. The summed E-state index contributed by atoms with van der Waals surface area (Å²) in [6.07, 6.45) is 6.72. The van der Waals surface area contributed by atoms with Crippen molar-refractivity contribution < 1.29 is 9.53 Å². The number of hydrogen-bond donors (Lipinski definition) is 0. The molecule has 3 heterocycles. The Bertz CT molecular complexity index is 812. The molecule has 2 fully saturated rings. The van der Waals surface area contributed by atoms with E-state index >= 15 is 0 Å². The van der Waals surface area contributed by atoms with E-state index in [0.29, 0.717) is 12.0 Å². The number of para-hydroxylation sites is 1. The molecule has 5 heteroatoms. The molecule has 28 heavy (non-hydrogen) atoms. The first-order chi connectivity index (χ1) is 13.5. The van der Waals surface area contributed by atoms with Crippen molar-refractivity contribution in [3.8, 4) is 0 Å². The van der Waals surface area contributed by atoms with Crippen LogP contribution in [-0.4, -0.2) is 58.8 Å². The fraction of sp³-hybridized carbons (Fsp3) is 0.609. The molecular weight excluding hydrogens is 350 g/mol. The molecule has 0 atom stereocenters. The zero-order chi connectivity index (χ0) is 19.7. The fourth-order valence-corrected chi connectivity index (χ4v) is 4.96. The molecule has 0 radical (unpaired) electrons. The van der Waals surface area contributed by atoms with E-state index in [-0.39, 0.29) is 12.2 Å². The summed E-state index contributed by atoms with van der Waals surface area (Å²) >= 11 is 0. The zero-order valence-corrected chi connectivity index (χ0v) is 17.4. The van der Waals surface area contributed by atoms with Crippen LogP contribution in [0.15, 0.2) is 30.5 Å². The summed E-state index contributed by atoms with van der Waals surface area (Å²) in [6.45, 7) is 7.78. The summed E-state index contributed by atoms with van der Waals surface area (Å²) < 4.78 is 7.61. The summed E-state index contributed by atoms with van der Waals surface area (Å²) in [4.78, 5) is 16.6. The Morgan fingerprint density at radius 2 is 1.71 bits per heavy atom. The van der Waals surface area contributed by atoms with Crippen molar-refractivity contribution in [1.82, 2.24) is 14.4 Å². The first kappa shape index (κ1) is 19.3. The Kier molecular flexibility index (Phi) is 5.63. The maximum absolute atomic E-state index is 12.1. The maximum Gasteiger partial charge on any atom is 0.410 e. The second-order valence-electron chi connectivity index (χ2n) is 8.67. The number of likely N-dealkylation sites (tertiary alicyclic amines) is 2. The van der Waals surface area contributed by atoms with Crippen molar-refractivity contribution in [2.24, 2.45) is 7.05 Å². The lowest BCUT2D eigenvalue weighted by Crippen LogP contribution is -2.49. The van der Waals surface area contributed by atoms with Crippen molar-refractivity contribution in [3.63, 3.8) is 0 Å². The largest absolute Gasteiger partial charge is 0.447 e. The molecule has 2 aromatic rings. The molecule has 0 bridgehead atoms. The summed E-state index contributed by atoms with van der Waals surface area (Å²) in [7, 11) is 2.15. The highest BCUT2D eigenvalue weighted by atomic mass is 16.6. The van der Waals surface area contributed by atoms with Crippen LogP contribution in [0.4, 0.5) is 4.79 Å². The van der Waals surface area contributed by atoms with Gasteiger partial charge in [-0.3, -0.25) is 0 Å². The van der Waals surface area contributed by atoms with Gasteiger partial charge in [-0.25, -0.2) is 4.79 Å². The van der Waals surface area contributed by atoms with Crippen LogP contribution >= 0.6 is 0 Å². The fourth-order valence-electron chi connectivity index (χ4n) is 4.96. The maximum atomic E-state index is 12.1. The standard InChI is InChI=1S/C23H33N3O2/c1-17(2)28-23(27)26-14-10-19(11-15-26)25-12-8-18(9-13-25)21-16-24(3)22-7-5-4-6-20(21)22/h4-7,16-19H,8-15H2,1-3H3. The van der Waals surface area contributed by atoms with Gasteiger partial charge in [0.2, 0.25) is 0 Å². The number of rotatable bonds is 3. The number of aromatic nitrogens is 1. The SMILES string of the molecule is CC(C)OC(=O)N1CCC(N2CCC(c3cn(C)c4ccccc34)CC2)CC1. The molecule has 0 spiro atoms. The van der Waals surface area contributed by atoms with Crippen LogP contribution < -0.4 is 0 Å². The van der Waals surface area contributed by atoms with E-state index in [2.05, 4.69) is 47.0 Å². The van der Waals surface area contributed by atoms with Crippen molar-refractivity contribution in [2.75, 3.05) is 26.2 Å². The lowest BCUT2D eigenvalue weighted by atomic mass is 9.88. The highest BCUT2D eigenvalue weighted by molar-refractivity contribution is 5.84. The number of carbonyl (C=O) groups excluding carboxylic acids is 1. The molecule has 0 saturated carbocycles. The average Bonchev–Trinajstić information content (AvgIpc) is 3.05. The van der Waals surface area contributed by atoms with E-state index in [4.69, 9.17) is 4.74 Å². The number of fused-ring (bicyclic) bond motifs is 1. The van der Waals surface area contributed by atoms with Crippen molar-refractivity contribution in [2.45, 2.75) is 57.6 Å². The molecule has 1 amide bonds. The van der Waals surface area contributed by atoms with Crippen molar-refractivity contribution >= 4 is 17.0 Å². The second-order valence-corrected chi connectivity index (χ2v) is 8.67. The highest BCUT2D eigenvalue weighted by Crippen LogP contribution is 2.35. The molecule has 1 aromatic heterocycles. The predicted molar refractivity (Wildman–Crippen MR) is 113 cm³/mol. The van der Waals surface area contributed by atoms with E-state index in [0.717, 1.165) is 39.0 Å². The molecule has 152 valence electrons. The summed E-state index contributed by atoms with van der Waals surface area (Å²) in [6, 6.07) is 9.36. The zero-order valence-electron chi connectivity index (χ0n) is 17.4. The van der Waals surface area contributed by atoms with E-state index in [1.54, 1.807) is 0 Å². The van der Waals surface area contributed by atoms with Crippen LogP contribution in [0.3, 0.4) is 0 Å². The van der Waals surface area contributed by atoms with Gasteiger partial charge in [0.05, 0.1) is 6.10 Å². The summed E-state index contributed by atoms with van der Waals surface area (Å²) in [5, 5.41) is 1.42. The van der Waals surface area contributed by atoms with Crippen molar-refractivity contribution in [3.05, 3.63) is 36.0 Å². The van der Waals surface area contributed by atoms with Gasteiger partial charge in [0.25, 0.3) is 0 Å². The molecule has 0 unspecified atom stereocenters. The minimum Gasteiger partial charge on any atom is -0.447 e. The van der Waals surface area contributed by atoms with Gasteiger partial charge >= 0.3 is 6.09 Å². The summed E-state index contributed by atoms with van der Waals surface area (Å²) in [5.41, 5.74) is 2.85. The number of benzene rings is 1. The van der Waals surface area contributed by atoms with Gasteiger partial charge in [-0.15, -0.1) is 0 Å². The third-order valence-electron chi connectivity index (χ3n) is 6.47. The molecule has 0 aliphatic carbocycles. The van der Waals surface area contributed by atoms with Gasteiger partial charge < -0.3 is 19.1 Å². The first-order valence-electron chi connectivity index (χ1n) is 10.8. The van der Waals surface area contributed by atoms with Gasteiger partial charge in [0.15, 0.2) is 0 Å². The first-order valence-corrected chi connectivity index (χ1v) is 10.8. The van der Waals surface area contributed by atoms with E-state index in [1.165, 1.54) is 29.3 Å². The van der Waals surface area contributed by atoms with E-state index < -0.39 is 0 Å². The number of aryl methyl sites for hydroxylation is 1. The van der Waals surface area contributed by atoms with Crippen LogP contribution in [0.5, 0.6) is 0 Å². The Morgan fingerprint density at radius 1 is 1.04 bits per heavy atom. The van der Waals surface area contributed by atoms with Gasteiger partial charge in [-0.1, -0.05) is 18.2 Å². The molecule has 1 aromatic carbocycles. The highest BCUT2D eigenvalue weighted by Gasteiger charge is 2.31. The average molecular weight is 384 g/mol. The van der Waals surface area contributed by atoms with Crippen LogP contribution in [0.1, 0.15) is 51.0 Å². The number of nitrogens with zero attached hydrogens (tertiary/aromatic N) is 3. The number of ether oxygens (including phenoxy) is 1. The molecular formula is C23H33N3O2. The second kappa shape index (κ2) is 8.16. The Morgan fingerprint density at radius 3 is 2.39 bits per heavy atom. The number of amides is 1. The third-order valence-corrected chi connectivity index (χ3v) is 6.47. The van der Waals surface area contributed by atoms with E-state index in [9.17, 15) is 4.79 Å². The van der Waals surface area contributed by atoms with Gasteiger partial charge in [0, 0.05) is 43.3 Å². The smallest absolute Gasteiger partial charge is 0.410 e. The lowest BCUT2D eigenvalue weighted by molar-refractivity contribution is 0.0500. The molecule has 2 aliphatic heterocycles. The number of hydrogen-bond acceptors (Lipinski definition) is 3. The molecule has 2 aliphatic rings. The topological polar surface area (TPSA) is 37.7 Å². The monoisotopic (exact) mass is 383 g/mol. The van der Waals surface area contributed by atoms with Gasteiger partial charge in [0.1, 0.15) is 0 Å².